The number of ether oxygens (including phenoxy) is 1. The molecule has 2 aromatic carbocycles. The molecular weight excluding hydrogens is 281 g/mol. The molecule has 0 aliphatic carbocycles. The second kappa shape index (κ2) is 6.71. The molecule has 0 saturated carbocycles. The van der Waals surface area contributed by atoms with Gasteiger partial charge in [0.2, 0.25) is 0 Å². The van der Waals surface area contributed by atoms with E-state index in [0.717, 1.165) is 5.56 Å². The zero-order chi connectivity index (χ0) is 16.2. The maximum Gasteiger partial charge on any atom is 0.251 e. The van der Waals surface area contributed by atoms with Crippen LogP contribution in [0.5, 0.6) is 0 Å². The fraction of sp³-hybridized carbons (Fsp3) is 0.278. The third kappa shape index (κ3) is 3.34. The molecule has 0 unspecified atom stereocenters. The van der Waals surface area contributed by atoms with E-state index in [4.69, 9.17) is 4.74 Å². The number of halogens is 1. The van der Waals surface area contributed by atoms with Gasteiger partial charge in [0.15, 0.2) is 0 Å². The Kier molecular flexibility index (Phi) is 4.93. The Morgan fingerprint density at radius 2 is 1.82 bits per heavy atom. The largest absolute Gasteiger partial charge is 0.372 e. The molecular formula is C18H20FNO2. The van der Waals surface area contributed by atoms with Gasteiger partial charge in [0.05, 0.1) is 6.54 Å². The maximum absolute atomic E-state index is 14.0. The molecule has 1 atom stereocenters. The third-order valence-corrected chi connectivity index (χ3v) is 3.87. The van der Waals surface area contributed by atoms with Crippen LogP contribution in [0.2, 0.25) is 0 Å². The van der Waals surface area contributed by atoms with Crippen molar-refractivity contribution in [1.29, 1.82) is 0 Å². The van der Waals surface area contributed by atoms with Crippen molar-refractivity contribution in [2.75, 3.05) is 13.7 Å². The van der Waals surface area contributed by atoms with Crippen molar-refractivity contribution in [3.05, 3.63) is 71.0 Å². The minimum atomic E-state index is -0.927. The average Bonchev–Trinajstić information content (AvgIpc) is 2.53. The Morgan fingerprint density at radius 1 is 1.18 bits per heavy atom. The quantitative estimate of drug-likeness (QED) is 0.919. The molecule has 1 N–H and O–H groups in total. The zero-order valence-electron chi connectivity index (χ0n) is 13.0. The van der Waals surface area contributed by atoms with Crippen molar-refractivity contribution in [2.24, 2.45) is 0 Å². The molecule has 1 amide bonds. The minimum absolute atomic E-state index is 0.178. The van der Waals surface area contributed by atoms with Crippen LogP contribution in [-0.2, 0) is 10.3 Å². The third-order valence-electron chi connectivity index (χ3n) is 3.87. The lowest BCUT2D eigenvalue weighted by molar-refractivity contribution is 0.000382. The van der Waals surface area contributed by atoms with Crippen molar-refractivity contribution in [1.82, 2.24) is 5.32 Å². The van der Waals surface area contributed by atoms with E-state index in [1.165, 1.54) is 13.2 Å². The first-order valence-corrected chi connectivity index (χ1v) is 7.12. The van der Waals surface area contributed by atoms with Crippen molar-refractivity contribution < 1.29 is 13.9 Å². The fourth-order valence-corrected chi connectivity index (χ4v) is 2.34. The van der Waals surface area contributed by atoms with Crippen LogP contribution in [-0.4, -0.2) is 19.6 Å². The van der Waals surface area contributed by atoms with Crippen molar-refractivity contribution in [2.45, 2.75) is 19.4 Å². The molecule has 0 aliphatic rings. The number of carbonyl (C=O) groups excluding carboxylic acids is 1. The first kappa shape index (κ1) is 16.2. The van der Waals surface area contributed by atoms with Gasteiger partial charge in [-0.05, 0) is 31.5 Å². The summed E-state index contributed by atoms with van der Waals surface area (Å²) in [5.74, 6) is -0.547. The van der Waals surface area contributed by atoms with Gasteiger partial charge >= 0.3 is 0 Å². The summed E-state index contributed by atoms with van der Waals surface area (Å²) in [6.45, 7) is 3.81. The van der Waals surface area contributed by atoms with Crippen molar-refractivity contribution in [3.63, 3.8) is 0 Å². The molecule has 2 aromatic rings. The van der Waals surface area contributed by atoms with Crippen LogP contribution >= 0.6 is 0 Å². The summed E-state index contributed by atoms with van der Waals surface area (Å²) >= 11 is 0. The van der Waals surface area contributed by atoms with Crippen LogP contribution < -0.4 is 5.32 Å². The Bertz CT molecular complexity index is 672. The number of hydrogen-bond acceptors (Lipinski definition) is 2. The lowest BCUT2D eigenvalue weighted by atomic mass is 9.94. The van der Waals surface area contributed by atoms with Crippen LogP contribution in [0.4, 0.5) is 4.39 Å². The monoisotopic (exact) mass is 301 g/mol. The number of aryl methyl sites for hydroxylation is 1. The first-order chi connectivity index (χ1) is 10.5. The minimum Gasteiger partial charge on any atom is -0.372 e. The summed E-state index contributed by atoms with van der Waals surface area (Å²) in [6, 6.07) is 13.8. The lowest BCUT2D eigenvalue weighted by Gasteiger charge is -2.29. The Morgan fingerprint density at radius 3 is 2.45 bits per heavy atom. The van der Waals surface area contributed by atoms with Gasteiger partial charge in [-0.25, -0.2) is 4.39 Å². The number of carbonyl (C=O) groups is 1. The summed E-state index contributed by atoms with van der Waals surface area (Å²) in [6.07, 6.45) is 0. The van der Waals surface area contributed by atoms with E-state index in [1.54, 1.807) is 31.2 Å². The smallest absolute Gasteiger partial charge is 0.251 e. The molecule has 0 aromatic heterocycles. The van der Waals surface area contributed by atoms with E-state index in [0.29, 0.717) is 11.1 Å². The molecule has 0 bridgehead atoms. The SMILES string of the molecule is CO[C@@](C)(CNC(=O)c1ccccc1C)c1ccccc1F. The van der Waals surface area contributed by atoms with Gasteiger partial charge in [-0.2, -0.15) is 0 Å². The summed E-state index contributed by atoms with van der Waals surface area (Å²) in [5, 5.41) is 2.83. The standard InChI is InChI=1S/C18H20FNO2/c1-13-8-4-5-9-14(13)17(21)20-12-18(2,22-3)15-10-6-7-11-16(15)19/h4-11H,12H2,1-3H3,(H,20,21)/t18-/m0/s1. The average molecular weight is 301 g/mol. The van der Waals surface area contributed by atoms with Gasteiger partial charge in [0.1, 0.15) is 11.4 Å². The van der Waals surface area contributed by atoms with Crippen LogP contribution in [0.25, 0.3) is 0 Å². The highest BCUT2D eigenvalue weighted by atomic mass is 19.1. The first-order valence-electron chi connectivity index (χ1n) is 7.12. The molecule has 0 saturated heterocycles. The molecule has 116 valence electrons. The Labute approximate surface area is 130 Å². The summed E-state index contributed by atoms with van der Waals surface area (Å²) < 4.78 is 19.5. The van der Waals surface area contributed by atoms with E-state index in [9.17, 15) is 9.18 Å². The van der Waals surface area contributed by atoms with Crippen LogP contribution in [0.3, 0.4) is 0 Å². The van der Waals surface area contributed by atoms with E-state index < -0.39 is 5.60 Å². The maximum atomic E-state index is 14.0. The number of amides is 1. The predicted molar refractivity (Wildman–Crippen MR) is 84.3 cm³/mol. The van der Waals surface area contributed by atoms with Crippen LogP contribution in [0.1, 0.15) is 28.4 Å². The number of methoxy groups -OCH3 is 1. The topological polar surface area (TPSA) is 38.3 Å². The molecule has 0 radical (unpaired) electrons. The second-order valence-corrected chi connectivity index (χ2v) is 5.41. The van der Waals surface area contributed by atoms with E-state index in [1.807, 2.05) is 25.1 Å². The van der Waals surface area contributed by atoms with Gasteiger partial charge < -0.3 is 10.1 Å². The molecule has 4 heteroatoms. The van der Waals surface area contributed by atoms with Gasteiger partial charge in [-0.3, -0.25) is 4.79 Å². The number of hydrogen-bond donors (Lipinski definition) is 1. The van der Waals surface area contributed by atoms with Gasteiger partial charge in [0, 0.05) is 18.2 Å². The highest BCUT2D eigenvalue weighted by molar-refractivity contribution is 5.95. The molecule has 0 heterocycles. The number of benzene rings is 2. The van der Waals surface area contributed by atoms with Gasteiger partial charge in [-0.15, -0.1) is 0 Å². The summed E-state index contributed by atoms with van der Waals surface area (Å²) in [7, 11) is 1.51. The molecule has 0 spiro atoms. The van der Waals surface area contributed by atoms with E-state index >= 15 is 0 Å². The molecule has 3 nitrogen and oxygen atoms in total. The van der Waals surface area contributed by atoms with Crippen LogP contribution in [0, 0.1) is 12.7 Å². The highest BCUT2D eigenvalue weighted by Crippen LogP contribution is 2.26. The van der Waals surface area contributed by atoms with Crippen molar-refractivity contribution >= 4 is 5.91 Å². The second-order valence-electron chi connectivity index (χ2n) is 5.41. The number of nitrogens with one attached hydrogen (secondary N) is 1. The summed E-state index contributed by atoms with van der Waals surface area (Å²) in [5.41, 5.74) is 0.992. The lowest BCUT2D eigenvalue weighted by Crippen LogP contribution is -2.40. The molecule has 2 rings (SSSR count). The Balaban J connectivity index is 2.16. The highest BCUT2D eigenvalue weighted by Gasteiger charge is 2.30. The zero-order valence-corrected chi connectivity index (χ0v) is 13.0. The molecule has 22 heavy (non-hydrogen) atoms. The number of rotatable bonds is 5. The summed E-state index contributed by atoms with van der Waals surface area (Å²) in [4.78, 5) is 12.3. The fourth-order valence-electron chi connectivity index (χ4n) is 2.34. The van der Waals surface area contributed by atoms with Crippen LogP contribution in [0.15, 0.2) is 48.5 Å². The van der Waals surface area contributed by atoms with Gasteiger partial charge in [0.25, 0.3) is 5.91 Å². The van der Waals surface area contributed by atoms with E-state index in [2.05, 4.69) is 5.32 Å². The normalized spacial score (nSPS) is 13.5. The van der Waals surface area contributed by atoms with E-state index in [-0.39, 0.29) is 18.3 Å². The van der Waals surface area contributed by atoms with Gasteiger partial charge in [-0.1, -0.05) is 36.4 Å². The molecule has 0 fully saturated rings. The predicted octanol–water partition coefficient (Wildman–Crippen LogP) is 3.43. The van der Waals surface area contributed by atoms with Crippen molar-refractivity contribution in [3.8, 4) is 0 Å². The Hall–Kier alpha value is -2.20. The molecule has 0 aliphatic heterocycles.